The van der Waals surface area contributed by atoms with Gasteiger partial charge in [-0.1, -0.05) is 0 Å². The van der Waals surface area contributed by atoms with Gasteiger partial charge in [0.2, 0.25) is 5.91 Å². The largest absolute Gasteiger partial charge is 0.381 e. The number of hydrogen-bond donors (Lipinski definition) is 0. The maximum absolute atomic E-state index is 12.0. The Hall–Kier alpha value is -0.910. The van der Waals surface area contributed by atoms with Crippen molar-refractivity contribution in [3.63, 3.8) is 0 Å². The molecule has 0 N–H and O–H groups in total. The van der Waals surface area contributed by atoms with E-state index in [1.807, 2.05) is 11.3 Å². The van der Waals surface area contributed by atoms with Crippen molar-refractivity contribution >= 4 is 17.2 Å². The van der Waals surface area contributed by atoms with E-state index in [1.165, 1.54) is 36.1 Å². The second kappa shape index (κ2) is 7.61. The summed E-state index contributed by atoms with van der Waals surface area (Å²) in [6, 6.07) is 2.22. The number of hydrogen-bond acceptors (Lipinski definition) is 4. The molecule has 1 aromatic heterocycles. The summed E-state index contributed by atoms with van der Waals surface area (Å²) in [6.45, 7) is 10.9. The number of ether oxygens (including phenoxy) is 1. The van der Waals surface area contributed by atoms with Crippen LogP contribution >= 0.6 is 11.3 Å². The third-order valence-electron chi connectivity index (χ3n) is 6.81. The standard InChI is InChI=1S/C21H32N2O2S/c1-16-5-10-26-20(16)12-22-8-6-21(7-9-22)15-23(17(2)24)11-19(21)14-25-13-18-3-4-18/h5,10,18-19H,3-4,6-9,11-15H2,1-2H3/t19-/m0/s1. The highest BCUT2D eigenvalue weighted by atomic mass is 32.1. The highest BCUT2D eigenvalue weighted by Crippen LogP contribution is 2.45. The molecular formula is C21H32N2O2S. The topological polar surface area (TPSA) is 32.8 Å². The number of amides is 1. The average molecular weight is 377 g/mol. The van der Waals surface area contributed by atoms with Gasteiger partial charge in [0.25, 0.3) is 0 Å². The fraction of sp³-hybridized carbons (Fsp3) is 0.762. The molecule has 1 aromatic rings. The molecule has 3 heterocycles. The normalized spacial score (nSPS) is 25.9. The molecule has 5 heteroatoms. The zero-order valence-corrected chi connectivity index (χ0v) is 17.0. The fourth-order valence-corrected chi connectivity index (χ4v) is 5.60. The lowest BCUT2D eigenvalue weighted by atomic mass is 9.71. The number of aryl methyl sites for hydroxylation is 1. The lowest BCUT2D eigenvalue weighted by Gasteiger charge is -2.42. The van der Waals surface area contributed by atoms with Crippen LogP contribution in [0.2, 0.25) is 0 Å². The Kier molecular flexibility index (Phi) is 5.40. The summed E-state index contributed by atoms with van der Waals surface area (Å²) < 4.78 is 6.08. The van der Waals surface area contributed by atoms with Gasteiger partial charge in [0.05, 0.1) is 6.61 Å². The molecule has 0 unspecified atom stereocenters. The summed E-state index contributed by atoms with van der Waals surface area (Å²) in [5, 5.41) is 2.20. The van der Waals surface area contributed by atoms with E-state index in [-0.39, 0.29) is 11.3 Å². The zero-order valence-electron chi connectivity index (χ0n) is 16.2. The molecule has 3 fully saturated rings. The molecule has 4 nitrogen and oxygen atoms in total. The third-order valence-corrected chi connectivity index (χ3v) is 7.82. The van der Waals surface area contributed by atoms with Crippen LogP contribution in [0.4, 0.5) is 0 Å². The second-order valence-electron chi connectivity index (χ2n) is 8.74. The highest BCUT2D eigenvalue weighted by molar-refractivity contribution is 7.10. The quantitative estimate of drug-likeness (QED) is 0.761. The Morgan fingerprint density at radius 1 is 1.31 bits per heavy atom. The van der Waals surface area contributed by atoms with Crippen LogP contribution in [-0.2, 0) is 16.1 Å². The monoisotopic (exact) mass is 376 g/mol. The number of thiophene rings is 1. The Labute approximate surface area is 161 Å². The van der Waals surface area contributed by atoms with E-state index in [4.69, 9.17) is 4.74 Å². The molecule has 144 valence electrons. The number of piperidine rings is 1. The van der Waals surface area contributed by atoms with E-state index in [0.29, 0.717) is 5.92 Å². The van der Waals surface area contributed by atoms with E-state index in [0.717, 1.165) is 51.9 Å². The van der Waals surface area contributed by atoms with Gasteiger partial charge >= 0.3 is 0 Å². The van der Waals surface area contributed by atoms with E-state index >= 15 is 0 Å². The number of carbonyl (C=O) groups is 1. The molecule has 0 bridgehead atoms. The molecule has 1 amide bonds. The molecule has 1 aliphatic carbocycles. The van der Waals surface area contributed by atoms with Gasteiger partial charge in [0, 0.05) is 44.0 Å². The number of rotatable bonds is 6. The van der Waals surface area contributed by atoms with Gasteiger partial charge in [-0.05, 0) is 74.0 Å². The van der Waals surface area contributed by atoms with E-state index < -0.39 is 0 Å². The minimum Gasteiger partial charge on any atom is -0.381 e. The van der Waals surface area contributed by atoms with E-state index in [2.05, 4.69) is 28.2 Å². The number of nitrogens with zero attached hydrogens (tertiary/aromatic N) is 2. The van der Waals surface area contributed by atoms with Crippen LogP contribution in [0.15, 0.2) is 11.4 Å². The minimum absolute atomic E-state index is 0.228. The van der Waals surface area contributed by atoms with Gasteiger partial charge in [-0.15, -0.1) is 11.3 Å². The van der Waals surface area contributed by atoms with Crippen molar-refractivity contribution in [2.75, 3.05) is 39.4 Å². The molecule has 1 atom stereocenters. The minimum atomic E-state index is 0.228. The molecule has 1 spiro atoms. The van der Waals surface area contributed by atoms with Crippen molar-refractivity contribution in [1.29, 1.82) is 0 Å². The Morgan fingerprint density at radius 3 is 2.69 bits per heavy atom. The predicted octanol–water partition coefficient (Wildman–Crippen LogP) is 3.54. The molecule has 0 aromatic carbocycles. The van der Waals surface area contributed by atoms with Crippen molar-refractivity contribution in [3.05, 3.63) is 21.9 Å². The first-order chi connectivity index (χ1) is 12.6. The average Bonchev–Trinajstić information content (AvgIpc) is 3.26. The zero-order chi connectivity index (χ0) is 18.1. The third kappa shape index (κ3) is 4.00. The van der Waals surface area contributed by atoms with Crippen molar-refractivity contribution in [3.8, 4) is 0 Å². The van der Waals surface area contributed by atoms with Crippen molar-refractivity contribution in [2.45, 2.75) is 46.1 Å². The molecule has 1 saturated carbocycles. The van der Waals surface area contributed by atoms with Gasteiger partial charge in [-0.25, -0.2) is 0 Å². The Balaban J connectivity index is 1.36. The molecule has 0 radical (unpaired) electrons. The fourth-order valence-electron chi connectivity index (χ4n) is 4.66. The van der Waals surface area contributed by atoms with Gasteiger partial charge in [0.1, 0.15) is 0 Å². The van der Waals surface area contributed by atoms with Gasteiger partial charge < -0.3 is 9.64 Å². The summed E-state index contributed by atoms with van der Waals surface area (Å²) in [5.74, 6) is 1.55. The van der Waals surface area contributed by atoms with Crippen LogP contribution < -0.4 is 0 Å². The van der Waals surface area contributed by atoms with Gasteiger partial charge in [-0.3, -0.25) is 9.69 Å². The molecule has 26 heavy (non-hydrogen) atoms. The maximum Gasteiger partial charge on any atom is 0.219 e. The summed E-state index contributed by atoms with van der Waals surface area (Å²) in [6.07, 6.45) is 5.07. The maximum atomic E-state index is 12.0. The van der Waals surface area contributed by atoms with Crippen LogP contribution in [0.25, 0.3) is 0 Å². The Morgan fingerprint density at radius 2 is 2.08 bits per heavy atom. The van der Waals surface area contributed by atoms with Crippen LogP contribution in [0.5, 0.6) is 0 Å². The smallest absolute Gasteiger partial charge is 0.219 e. The predicted molar refractivity (Wildman–Crippen MR) is 105 cm³/mol. The SMILES string of the molecule is CC(=O)N1C[C@@H](COCC2CC2)C2(CCN(Cc3sccc3C)CC2)C1. The summed E-state index contributed by atoms with van der Waals surface area (Å²) >= 11 is 1.88. The molecule has 4 rings (SSSR count). The number of likely N-dealkylation sites (tertiary alicyclic amines) is 2. The second-order valence-corrected chi connectivity index (χ2v) is 9.74. The van der Waals surface area contributed by atoms with E-state index in [1.54, 1.807) is 6.92 Å². The van der Waals surface area contributed by atoms with Crippen LogP contribution in [0.1, 0.15) is 43.0 Å². The van der Waals surface area contributed by atoms with Crippen molar-refractivity contribution in [1.82, 2.24) is 9.80 Å². The van der Waals surface area contributed by atoms with Crippen LogP contribution in [-0.4, -0.2) is 55.1 Å². The van der Waals surface area contributed by atoms with Crippen molar-refractivity contribution < 1.29 is 9.53 Å². The molecule has 2 saturated heterocycles. The van der Waals surface area contributed by atoms with Gasteiger partial charge in [0.15, 0.2) is 0 Å². The molecular weight excluding hydrogens is 344 g/mol. The molecule has 3 aliphatic rings. The molecule has 2 aliphatic heterocycles. The summed E-state index contributed by atoms with van der Waals surface area (Å²) in [4.78, 5) is 18.2. The first-order valence-corrected chi connectivity index (χ1v) is 11.0. The number of carbonyl (C=O) groups excluding carboxylic acids is 1. The first kappa shape index (κ1) is 18.5. The lowest BCUT2D eigenvalue weighted by Crippen LogP contribution is -2.45. The first-order valence-electron chi connectivity index (χ1n) is 10.1. The van der Waals surface area contributed by atoms with Crippen LogP contribution in [0, 0.1) is 24.2 Å². The van der Waals surface area contributed by atoms with Gasteiger partial charge in [-0.2, -0.15) is 0 Å². The highest BCUT2D eigenvalue weighted by Gasteiger charge is 2.48. The van der Waals surface area contributed by atoms with E-state index in [9.17, 15) is 4.79 Å². The lowest BCUT2D eigenvalue weighted by molar-refractivity contribution is -0.128. The summed E-state index contributed by atoms with van der Waals surface area (Å²) in [5.41, 5.74) is 1.70. The Bertz CT molecular complexity index is 632. The van der Waals surface area contributed by atoms with Crippen molar-refractivity contribution in [2.24, 2.45) is 17.3 Å². The van der Waals surface area contributed by atoms with Crippen LogP contribution in [0.3, 0.4) is 0 Å². The summed E-state index contributed by atoms with van der Waals surface area (Å²) in [7, 11) is 0.